The van der Waals surface area contributed by atoms with Crippen LogP contribution in [-0.2, 0) is 0 Å². The van der Waals surface area contributed by atoms with Crippen LogP contribution in [0.2, 0.25) is 0 Å². The molecule has 1 aromatic heterocycles. The van der Waals surface area contributed by atoms with Gasteiger partial charge >= 0.3 is 0 Å². The van der Waals surface area contributed by atoms with E-state index in [4.69, 9.17) is 0 Å². The van der Waals surface area contributed by atoms with Gasteiger partial charge in [-0.15, -0.1) is 0 Å². The van der Waals surface area contributed by atoms with E-state index in [1.165, 1.54) is 15.1 Å². The third kappa shape index (κ3) is 2.93. The molecule has 72 valence electrons. The largest absolute Gasteiger partial charge is 0.0894 e. The summed E-state index contributed by atoms with van der Waals surface area (Å²) >= 11 is 0. The minimum atomic E-state index is 0.299. The quantitative estimate of drug-likeness (QED) is 0.562. The molecule has 2 unspecified atom stereocenters. The van der Waals surface area contributed by atoms with Gasteiger partial charge in [-0.05, 0) is 17.9 Å². The highest BCUT2D eigenvalue weighted by molar-refractivity contribution is 8.81. The van der Waals surface area contributed by atoms with Crippen molar-refractivity contribution in [3.05, 3.63) is 0 Å². The Bertz CT molecular complexity index is 205. The van der Waals surface area contributed by atoms with Gasteiger partial charge in [0.2, 0.25) is 0 Å². The molecule has 0 N–H and O–H groups in total. The third-order valence-corrected chi connectivity index (χ3v) is 23.9. The van der Waals surface area contributed by atoms with Gasteiger partial charge in [-0.2, -0.15) is 0 Å². The lowest BCUT2D eigenvalue weighted by molar-refractivity contribution is 0.720. The van der Waals surface area contributed by atoms with Gasteiger partial charge in [0, 0.05) is 0 Å². The number of rotatable bonds is 1. The van der Waals surface area contributed by atoms with E-state index in [-0.39, 0.29) is 0 Å². The fourth-order valence-electron chi connectivity index (χ4n) is 1.73. The second-order valence-corrected chi connectivity index (χ2v) is 23.6. The van der Waals surface area contributed by atoms with Gasteiger partial charge in [0.25, 0.3) is 0 Å². The average molecular weight is 240 g/mol. The van der Waals surface area contributed by atoms with Gasteiger partial charge in [0.1, 0.15) is 0 Å². The van der Waals surface area contributed by atoms with Crippen LogP contribution in [0.4, 0.5) is 0 Å². The second kappa shape index (κ2) is 3.48. The smallest absolute Gasteiger partial charge is 0.00956 e. The van der Waals surface area contributed by atoms with E-state index >= 15 is 0 Å². The molecular weight excluding hydrogens is 220 g/mol. The first-order valence-corrected chi connectivity index (χ1v) is 12.4. The Balaban J connectivity index is 2.86. The first-order chi connectivity index (χ1) is 5.23. The van der Waals surface area contributed by atoms with Crippen molar-refractivity contribution in [2.24, 2.45) is 0 Å². The summed E-state index contributed by atoms with van der Waals surface area (Å²) in [6.45, 7) is 15.2. The summed E-state index contributed by atoms with van der Waals surface area (Å²) in [4.78, 5) is 0. The second-order valence-electron chi connectivity index (χ2n) is 5.19. The highest BCUT2D eigenvalue weighted by atomic mass is 32.8. The lowest BCUT2D eigenvalue weighted by Gasteiger charge is -2.39. The van der Waals surface area contributed by atoms with Crippen LogP contribution in [0.3, 0.4) is 0 Å². The molecule has 0 saturated carbocycles. The van der Waals surface area contributed by atoms with E-state index in [1.54, 1.807) is 0 Å². The van der Waals surface area contributed by atoms with Crippen molar-refractivity contribution in [2.75, 3.05) is 0 Å². The fraction of sp³-hybridized carbons (Fsp3) is 1.00. The molecule has 1 heterocycles. The van der Waals surface area contributed by atoms with Gasteiger partial charge in [-0.3, -0.25) is 0 Å². The number of hydrogen-bond acceptors (Lipinski definition) is 0. The van der Waals surface area contributed by atoms with Gasteiger partial charge in [-0.1, -0.05) is 63.2 Å². The van der Waals surface area contributed by atoms with Crippen molar-refractivity contribution >= 4 is 29.3 Å². The maximum Gasteiger partial charge on any atom is -0.00956 e. The molecule has 0 aromatic carbocycles. The Morgan fingerprint density at radius 1 is 0.833 bits per heavy atom. The minimum absolute atomic E-state index is 0.299. The minimum Gasteiger partial charge on any atom is -0.0894 e. The zero-order valence-corrected chi connectivity index (χ0v) is 12.7. The lowest BCUT2D eigenvalue weighted by Crippen LogP contribution is -2.21. The lowest BCUT2D eigenvalue weighted by atomic mass is 10.2. The highest BCUT2D eigenvalue weighted by Crippen LogP contribution is 2.91. The van der Waals surface area contributed by atoms with E-state index in [9.17, 15) is 0 Å². The highest BCUT2D eigenvalue weighted by Gasteiger charge is 2.37. The Morgan fingerprint density at radius 3 is 1.25 bits per heavy atom. The summed E-state index contributed by atoms with van der Waals surface area (Å²) in [6, 6.07) is 0. The predicted octanol–water partition coefficient (Wildman–Crippen LogP) is 5.58. The molecule has 0 amide bonds. The molecular formula is C8H20P4. The molecule has 1 rings (SSSR count). The summed E-state index contributed by atoms with van der Waals surface area (Å²) < 4.78 is 0. The van der Waals surface area contributed by atoms with Crippen molar-refractivity contribution in [1.82, 2.24) is 0 Å². The molecule has 0 nitrogen and oxygen atoms in total. The molecule has 2 atom stereocenters. The third-order valence-electron chi connectivity index (χ3n) is 1.68. The van der Waals surface area contributed by atoms with Crippen LogP contribution in [0.25, 0.3) is 0 Å². The van der Waals surface area contributed by atoms with Crippen molar-refractivity contribution in [1.29, 1.82) is 0 Å². The Kier molecular flexibility index (Phi) is 3.31. The van der Waals surface area contributed by atoms with Crippen molar-refractivity contribution in [3.63, 3.8) is 0 Å². The van der Waals surface area contributed by atoms with Gasteiger partial charge in [-0.25, -0.2) is 0 Å². The molecule has 0 aliphatic heterocycles. The summed E-state index contributed by atoms with van der Waals surface area (Å²) in [5.74, 6) is 0. The standard InChI is InChI=1S/C8H20P4/c1-7(2,3)11(8(4,5)6)12-9-10-12/h9-10H,1-6H3. The SMILES string of the molecule is CC(C)(C)P(p1[pH][pH]1)C(C)(C)C. The summed E-state index contributed by atoms with van der Waals surface area (Å²) in [5.41, 5.74) is 0. The molecule has 0 spiro atoms. The van der Waals surface area contributed by atoms with E-state index in [0.29, 0.717) is 24.5 Å². The Labute approximate surface area is 81.5 Å². The number of hydrogen-bond donors (Lipinski definition) is 0. The fourth-order valence-corrected chi connectivity index (χ4v) is 32.8. The van der Waals surface area contributed by atoms with E-state index in [2.05, 4.69) is 41.5 Å². The van der Waals surface area contributed by atoms with Crippen LogP contribution in [0.15, 0.2) is 0 Å². The van der Waals surface area contributed by atoms with Gasteiger partial charge in [0.05, 0.1) is 0 Å². The van der Waals surface area contributed by atoms with Crippen molar-refractivity contribution < 1.29 is 0 Å². The summed E-state index contributed by atoms with van der Waals surface area (Å²) in [5, 5.41) is 1.19. The predicted molar refractivity (Wildman–Crippen MR) is 70.0 cm³/mol. The van der Waals surface area contributed by atoms with Crippen molar-refractivity contribution in [2.45, 2.75) is 51.9 Å². The van der Waals surface area contributed by atoms with Crippen LogP contribution in [0.5, 0.6) is 0 Å². The van der Waals surface area contributed by atoms with Gasteiger partial charge in [0.15, 0.2) is 0 Å². The molecule has 0 radical (unpaired) electrons. The zero-order valence-electron chi connectivity index (χ0n) is 8.89. The molecule has 0 aliphatic carbocycles. The Morgan fingerprint density at radius 2 is 1.17 bits per heavy atom. The molecule has 0 aliphatic rings. The van der Waals surface area contributed by atoms with Crippen LogP contribution in [-0.4, -0.2) is 10.3 Å². The van der Waals surface area contributed by atoms with Crippen molar-refractivity contribution in [3.8, 4) is 0 Å². The molecule has 0 fully saturated rings. The molecule has 1 aromatic rings. The van der Waals surface area contributed by atoms with Crippen LogP contribution in [0, 0.1) is 0 Å². The molecule has 0 saturated heterocycles. The maximum absolute atomic E-state index is 2.44. The Hall–Kier alpha value is 1.33. The van der Waals surface area contributed by atoms with Crippen LogP contribution >= 0.6 is 29.3 Å². The average Bonchev–Trinajstić information content (AvgIpc) is 2.38. The van der Waals surface area contributed by atoms with Gasteiger partial charge < -0.3 is 0 Å². The summed E-state index contributed by atoms with van der Waals surface area (Å²) in [7, 11) is 3.05. The van der Waals surface area contributed by atoms with E-state index in [1.807, 2.05) is 0 Å². The first-order valence-electron chi connectivity index (χ1n) is 4.34. The van der Waals surface area contributed by atoms with Crippen LogP contribution in [0.1, 0.15) is 41.5 Å². The molecule has 12 heavy (non-hydrogen) atoms. The van der Waals surface area contributed by atoms with E-state index in [0.717, 1.165) is 0 Å². The molecule has 4 heteroatoms. The first kappa shape index (κ1) is 11.4. The normalized spacial score (nSPS) is 17.4. The summed E-state index contributed by atoms with van der Waals surface area (Å²) in [6.07, 6.45) is 0. The van der Waals surface area contributed by atoms with Crippen LogP contribution < -0.4 is 0 Å². The van der Waals surface area contributed by atoms with E-state index < -0.39 is 0 Å². The monoisotopic (exact) mass is 240 g/mol. The maximum atomic E-state index is 2.44. The molecule has 0 bridgehead atoms. The zero-order chi connectivity index (χ0) is 9.57. The topological polar surface area (TPSA) is 0 Å².